The Morgan fingerprint density at radius 2 is 1.76 bits per heavy atom. The van der Waals surface area contributed by atoms with Crippen LogP contribution in [0.5, 0.6) is 0 Å². The van der Waals surface area contributed by atoms with Crippen molar-refractivity contribution in [3.63, 3.8) is 0 Å². The Labute approximate surface area is 134 Å². The van der Waals surface area contributed by atoms with Gasteiger partial charge < -0.3 is 5.32 Å². The van der Waals surface area contributed by atoms with Crippen molar-refractivity contribution < 1.29 is 4.39 Å². The highest BCUT2D eigenvalue weighted by Crippen LogP contribution is 2.31. The fourth-order valence-electron chi connectivity index (χ4n) is 2.59. The minimum absolute atomic E-state index is 0.123. The van der Waals surface area contributed by atoms with E-state index in [0.717, 1.165) is 33.3 Å². The molecule has 0 saturated heterocycles. The molecule has 3 heteroatoms. The standard InChI is InChI=1S/C18H21BrFN/c1-5-21-18(15-8-11(2)6-7-17(15)20)14-9-13(4)16(19)10-12(14)3/h6-10,18,21H,5H2,1-4H3. The summed E-state index contributed by atoms with van der Waals surface area (Å²) in [5, 5.41) is 3.42. The highest BCUT2D eigenvalue weighted by molar-refractivity contribution is 9.10. The number of rotatable bonds is 4. The molecular weight excluding hydrogens is 329 g/mol. The molecule has 0 heterocycles. The van der Waals surface area contributed by atoms with Gasteiger partial charge in [0.25, 0.3) is 0 Å². The van der Waals surface area contributed by atoms with E-state index < -0.39 is 0 Å². The summed E-state index contributed by atoms with van der Waals surface area (Å²) in [6.45, 7) is 8.94. The molecule has 112 valence electrons. The van der Waals surface area contributed by atoms with Crippen LogP contribution in [0.4, 0.5) is 4.39 Å². The fraction of sp³-hybridized carbons (Fsp3) is 0.333. The van der Waals surface area contributed by atoms with Gasteiger partial charge in [-0.25, -0.2) is 4.39 Å². The largest absolute Gasteiger partial charge is 0.306 e. The number of nitrogens with one attached hydrogen (secondary N) is 1. The number of aryl methyl sites for hydroxylation is 3. The first-order valence-electron chi connectivity index (χ1n) is 7.20. The Kier molecular flexibility index (Phi) is 5.17. The summed E-state index contributed by atoms with van der Waals surface area (Å²) < 4.78 is 15.4. The maximum atomic E-state index is 14.3. The van der Waals surface area contributed by atoms with Gasteiger partial charge in [-0.15, -0.1) is 0 Å². The van der Waals surface area contributed by atoms with Crippen molar-refractivity contribution in [3.05, 3.63) is 68.4 Å². The van der Waals surface area contributed by atoms with Crippen LogP contribution >= 0.6 is 15.9 Å². The first kappa shape index (κ1) is 16.2. The predicted molar refractivity (Wildman–Crippen MR) is 90.3 cm³/mol. The van der Waals surface area contributed by atoms with Gasteiger partial charge in [0.15, 0.2) is 0 Å². The SMILES string of the molecule is CCNC(c1cc(C)c(Br)cc1C)c1cc(C)ccc1F. The third kappa shape index (κ3) is 3.53. The van der Waals surface area contributed by atoms with Gasteiger partial charge in [0.05, 0.1) is 6.04 Å². The fourth-order valence-corrected chi connectivity index (χ4v) is 3.05. The van der Waals surface area contributed by atoms with Crippen LogP contribution in [-0.4, -0.2) is 6.54 Å². The van der Waals surface area contributed by atoms with E-state index in [4.69, 9.17) is 0 Å². The lowest BCUT2D eigenvalue weighted by molar-refractivity contribution is 0.557. The van der Waals surface area contributed by atoms with E-state index in [1.165, 1.54) is 0 Å². The molecule has 21 heavy (non-hydrogen) atoms. The molecule has 0 aromatic heterocycles. The first-order valence-corrected chi connectivity index (χ1v) is 7.99. The molecule has 2 aromatic rings. The molecule has 0 aliphatic heterocycles. The van der Waals surface area contributed by atoms with Gasteiger partial charge in [-0.05, 0) is 56.1 Å². The molecule has 0 bridgehead atoms. The molecular formula is C18H21BrFN. The second-order valence-electron chi connectivity index (χ2n) is 5.47. The topological polar surface area (TPSA) is 12.0 Å². The molecule has 2 rings (SSSR count). The van der Waals surface area contributed by atoms with E-state index in [2.05, 4.69) is 47.2 Å². The van der Waals surface area contributed by atoms with E-state index in [0.29, 0.717) is 5.56 Å². The van der Waals surface area contributed by atoms with Crippen molar-refractivity contribution in [3.8, 4) is 0 Å². The quantitative estimate of drug-likeness (QED) is 0.798. The second-order valence-corrected chi connectivity index (χ2v) is 6.33. The Morgan fingerprint density at radius 1 is 1.05 bits per heavy atom. The molecule has 1 atom stereocenters. The lowest BCUT2D eigenvalue weighted by Gasteiger charge is -2.23. The molecule has 0 aliphatic carbocycles. The molecule has 1 N–H and O–H groups in total. The van der Waals surface area contributed by atoms with Crippen LogP contribution in [0.3, 0.4) is 0 Å². The van der Waals surface area contributed by atoms with E-state index >= 15 is 0 Å². The average Bonchev–Trinajstić information content (AvgIpc) is 2.43. The lowest BCUT2D eigenvalue weighted by atomic mass is 9.92. The number of halogens is 2. The summed E-state index contributed by atoms with van der Waals surface area (Å²) >= 11 is 3.56. The van der Waals surface area contributed by atoms with Crippen molar-refractivity contribution in [2.24, 2.45) is 0 Å². The maximum absolute atomic E-state index is 14.3. The van der Waals surface area contributed by atoms with Crippen LogP contribution in [0.2, 0.25) is 0 Å². The van der Waals surface area contributed by atoms with Gasteiger partial charge in [-0.2, -0.15) is 0 Å². The molecule has 0 amide bonds. The van der Waals surface area contributed by atoms with Gasteiger partial charge in [-0.1, -0.05) is 46.6 Å². The number of benzene rings is 2. The lowest BCUT2D eigenvalue weighted by Crippen LogP contribution is -2.24. The van der Waals surface area contributed by atoms with Crippen molar-refractivity contribution in [1.82, 2.24) is 5.32 Å². The molecule has 1 nitrogen and oxygen atoms in total. The maximum Gasteiger partial charge on any atom is 0.128 e. The third-order valence-electron chi connectivity index (χ3n) is 3.73. The zero-order valence-electron chi connectivity index (χ0n) is 12.9. The summed E-state index contributed by atoms with van der Waals surface area (Å²) in [6.07, 6.45) is 0. The summed E-state index contributed by atoms with van der Waals surface area (Å²) in [5.74, 6) is -0.161. The van der Waals surface area contributed by atoms with Crippen LogP contribution in [0.15, 0.2) is 34.8 Å². The van der Waals surface area contributed by atoms with Crippen molar-refractivity contribution >= 4 is 15.9 Å². The van der Waals surface area contributed by atoms with Crippen LogP contribution in [0.25, 0.3) is 0 Å². The van der Waals surface area contributed by atoms with Crippen molar-refractivity contribution in [2.45, 2.75) is 33.7 Å². The second kappa shape index (κ2) is 6.71. The highest BCUT2D eigenvalue weighted by Gasteiger charge is 2.19. The van der Waals surface area contributed by atoms with Crippen LogP contribution < -0.4 is 5.32 Å². The summed E-state index contributed by atoms with van der Waals surface area (Å²) in [6, 6.07) is 9.40. The third-order valence-corrected chi connectivity index (χ3v) is 4.58. The number of hydrogen-bond donors (Lipinski definition) is 1. The predicted octanol–water partition coefficient (Wildman–Crippen LogP) is 5.21. The molecule has 2 aromatic carbocycles. The zero-order chi connectivity index (χ0) is 15.6. The van der Waals surface area contributed by atoms with Crippen LogP contribution in [0.1, 0.15) is 40.8 Å². The molecule has 0 saturated carbocycles. The van der Waals surface area contributed by atoms with Crippen molar-refractivity contribution in [1.29, 1.82) is 0 Å². The molecule has 0 radical (unpaired) electrons. The minimum Gasteiger partial charge on any atom is -0.306 e. The van der Waals surface area contributed by atoms with Crippen molar-refractivity contribution in [2.75, 3.05) is 6.54 Å². The van der Waals surface area contributed by atoms with Gasteiger partial charge in [0.1, 0.15) is 5.82 Å². The van der Waals surface area contributed by atoms with Crippen LogP contribution in [-0.2, 0) is 0 Å². The van der Waals surface area contributed by atoms with Gasteiger partial charge in [-0.3, -0.25) is 0 Å². The first-order chi connectivity index (χ1) is 9.93. The van der Waals surface area contributed by atoms with Gasteiger partial charge >= 0.3 is 0 Å². The summed E-state index contributed by atoms with van der Waals surface area (Å²) in [5.41, 5.74) is 5.22. The molecule has 0 fully saturated rings. The smallest absolute Gasteiger partial charge is 0.128 e. The highest BCUT2D eigenvalue weighted by atomic mass is 79.9. The zero-order valence-corrected chi connectivity index (χ0v) is 14.5. The minimum atomic E-state index is -0.161. The molecule has 0 aliphatic rings. The average molecular weight is 350 g/mol. The summed E-state index contributed by atoms with van der Waals surface area (Å²) in [7, 11) is 0. The van der Waals surface area contributed by atoms with E-state index in [9.17, 15) is 4.39 Å². The Balaban J connectivity index is 2.58. The molecule has 0 spiro atoms. The monoisotopic (exact) mass is 349 g/mol. The Bertz CT molecular complexity index is 652. The van der Waals surface area contributed by atoms with E-state index in [1.54, 1.807) is 6.07 Å². The Morgan fingerprint density at radius 3 is 2.43 bits per heavy atom. The van der Waals surface area contributed by atoms with E-state index in [1.807, 2.05) is 26.0 Å². The van der Waals surface area contributed by atoms with Gasteiger partial charge in [0, 0.05) is 10.0 Å². The number of hydrogen-bond acceptors (Lipinski definition) is 1. The van der Waals surface area contributed by atoms with Crippen LogP contribution in [0, 0.1) is 26.6 Å². The normalized spacial score (nSPS) is 12.5. The van der Waals surface area contributed by atoms with Gasteiger partial charge in [0.2, 0.25) is 0 Å². The van der Waals surface area contributed by atoms with E-state index in [-0.39, 0.29) is 11.9 Å². The summed E-state index contributed by atoms with van der Waals surface area (Å²) in [4.78, 5) is 0. The Hall–Kier alpha value is -1.19. The molecule has 1 unspecified atom stereocenters.